The van der Waals surface area contributed by atoms with Gasteiger partial charge in [0.15, 0.2) is 0 Å². The standard InChI is InChI=1S/C14H10Br2N2/c1-18-12-8-3-2-7-11(12)17-14(18)13-9(15)5-4-6-10(13)16/h2-8H,1H3. The Morgan fingerprint density at radius 2 is 1.61 bits per heavy atom. The van der Waals surface area contributed by atoms with Crippen molar-refractivity contribution < 1.29 is 0 Å². The molecule has 1 heterocycles. The van der Waals surface area contributed by atoms with Crippen LogP contribution in [0.2, 0.25) is 0 Å². The van der Waals surface area contributed by atoms with Crippen LogP contribution in [-0.4, -0.2) is 9.55 Å². The van der Waals surface area contributed by atoms with Crippen molar-refractivity contribution in [1.29, 1.82) is 0 Å². The molecule has 0 aliphatic heterocycles. The Morgan fingerprint density at radius 1 is 0.944 bits per heavy atom. The summed E-state index contributed by atoms with van der Waals surface area (Å²) in [6, 6.07) is 14.2. The van der Waals surface area contributed by atoms with E-state index in [2.05, 4.69) is 42.5 Å². The average molecular weight is 366 g/mol. The minimum Gasteiger partial charge on any atom is -0.327 e. The maximum absolute atomic E-state index is 4.71. The first kappa shape index (κ1) is 11.9. The molecule has 0 radical (unpaired) electrons. The van der Waals surface area contributed by atoms with Gasteiger partial charge < -0.3 is 4.57 Å². The Bertz CT molecular complexity index is 711. The number of hydrogen-bond donors (Lipinski definition) is 0. The van der Waals surface area contributed by atoms with Crippen LogP contribution < -0.4 is 0 Å². The van der Waals surface area contributed by atoms with Crippen molar-refractivity contribution in [3.05, 3.63) is 51.4 Å². The molecule has 4 heteroatoms. The Labute approximate surface area is 122 Å². The van der Waals surface area contributed by atoms with Crippen LogP contribution in [0, 0.1) is 0 Å². The molecule has 0 amide bonds. The van der Waals surface area contributed by atoms with E-state index in [4.69, 9.17) is 4.98 Å². The highest BCUT2D eigenvalue weighted by Gasteiger charge is 2.14. The van der Waals surface area contributed by atoms with Crippen LogP contribution in [0.5, 0.6) is 0 Å². The average Bonchev–Trinajstić information content (AvgIpc) is 2.68. The van der Waals surface area contributed by atoms with E-state index in [-0.39, 0.29) is 0 Å². The van der Waals surface area contributed by atoms with Gasteiger partial charge in [-0.25, -0.2) is 4.98 Å². The Hall–Kier alpha value is -1.13. The van der Waals surface area contributed by atoms with Crippen LogP contribution >= 0.6 is 31.9 Å². The molecule has 0 unspecified atom stereocenters. The molecular formula is C14H10Br2N2. The number of rotatable bonds is 1. The van der Waals surface area contributed by atoms with Crippen LogP contribution in [0.1, 0.15) is 0 Å². The molecule has 2 nitrogen and oxygen atoms in total. The van der Waals surface area contributed by atoms with Gasteiger partial charge >= 0.3 is 0 Å². The SMILES string of the molecule is Cn1c(-c2c(Br)cccc2Br)nc2ccccc21. The number of imidazole rings is 1. The van der Waals surface area contributed by atoms with E-state index in [0.717, 1.165) is 31.4 Å². The van der Waals surface area contributed by atoms with Crippen LogP contribution in [0.3, 0.4) is 0 Å². The van der Waals surface area contributed by atoms with Gasteiger partial charge in [0.1, 0.15) is 5.82 Å². The van der Waals surface area contributed by atoms with E-state index in [9.17, 15) is 0 Å². The number of aromatic nitrogens is 2. The third-order valence-corrected chi connectivity index (χ3v) is 4.30. The Balaban J connectivity index is 2.36. The van der Waals surface area contributed by atoms with Gasteiger partial charge in [0.2, 0.25) is 0 Å². The Morgan fingerprint density at radius 3 is 2.28 bits per heavy atom. The first-order valence-electron chi connectivity index (χ1n) is 5.54. The van der Waals surface area contributed by atoms with Gasteiger partial charge in [-0.3, -0.25) is 0 Å². The number of benzene rings is 2. The molecule has 3 aromatic rings. The highest BCUT2D eigenvalue weighted by Crippen LogP contribution is 2.35. The van der Waals surface area contributed by atoms with E-state index >= 15 is 0 Å². The van der Waals surface area contributed by atoms with Gasteiger partial charge in [-0.1, -0.05) is 18.2 Å². The fourth-order valence-electron chi connectivity index (χ4n) is 2.08. The third-order valence-electron chi connectivity index (χ3n) is 2.97. The van der Waals surface area contributed by atoms with Crippen molar-refractivity contribution in [3.63, 3.8) is 0 Å². The predicted octanol–water partition coefficient (Wildman–Crippen LogP) is 4.77. The lowest BCUT2D eigenvalue weighted by molar-refractivity contribution is 0.957. The molecule has 0 bridgehead atoms. The van der Waals surface area contributed by atoms with E-state index in [0.29, 0.717) is 0 Å². The largest absolute Gasteiger partial charge is 0.327 e. The molecule has 0 saturated heterocycles. The van der Waals surface area contributed by atoms with Gasteiger partial charge in [0.05, 0.1) is 11.0 Å². The van der Waals surface area contributed by atoms with Crippen LogP contribution in [0.25, 0.3) is 22.4 Å². The number of aryl methyl sites for hydroxylation is 1. The number of para-hydroxylation sites is 2. The zero-order valence-electron chi connectivity index (χ0n) is 9.69. The highest BCUT2D eigenvalue weighted by atomic mass is 79.9. The van der Waals surface area contributed by atoms with Crippen molar-refractivity contribution in [2.75, 3.05) is 0 Å². The van der Waals surface area contributed by atoms with Gasteiger partial charge in [-0.15, -0.1) is 0 Å². The van der Waals surface area contributed by atoms with E-state index in [1.165, 1.54) is 0 Å². The summed E-state index contributed by atoms with van der Waals surface area (Å²) in [5.41, 5.74) is 3.23. The first-order chi connectivity index (χ1) is 8.68. The summed E-state index contributed by atoms with van der Waals surface area (Å²) >= 11 is 7.18. The molecule has 0 atom stereocenters. The second kappa shape index (κ2) is 4.52. The topological polar surface area (TPSA) is 17.8 Å². The zero-order valence-corrected chi connectivity index (χ0v) is 12.9. The number of halogens is 2. The summed E-state index contributed by atoms with van der Waals surface area (Å²) in [6.07, 6.45) is 0. The fraction of sp³-hybridized carbons (Fsp3) is 0.0714. The van der Waals surface area contributed by atoms with Crippen molar-refractivity contribution in [3.8, 4) is 11.4 Å². The maximum Gasteiger partial charge on any atom is 0.143 e. The summed E-state index contributed by atoms with van der Waals surface area (Å²) in [4.78, 5) is 4.71. The lowest BCUT2D eigenvalue weighted by atomic mass is 10.2. The van der Waals surface area contributed by atoms with Crippen molar-refractivity contribution in [2.45, 2.75) is 0 Å². The number of hydrogen-bond acceptors (Lipinski definition) is 1. The smallest absolute Gasteiger partial charge is 0.143 e. The summed E-state index contributed by atoms with van der Waals surface area (Å²) in [7, 11) is 2.04. The fourth-order valence-corrected chi connectivity index (χ4v) is 3.43. The quantitative estimate of drug-likeness (QED) is 0.607. The molecule has 18 heavy (non-hydrogen) atoms. The monoisotopic (exact) mass is 364 g/mol. The van der Waals surface area contributed by atoms with Gasteiger partial charge in [0, 0.05) is 21.6 Å². The molecule has 0 aliphatic carbocycles. The highest BCUT2D eigenvalue weighted by molar-refractivity contribution is 9.11. The summed E-state index contributed by atoms with van der Waals surface area (Å²) in [6.45, 7) is 0. The summed E-state index contributed by atoms with van der Waals surface area (Å²) in [5.74, 6) is 0.954. The van der Waals surface area contributed by atoms with E-state index < -0.39 is 0 Å². The molecule has 0 fully saturated rings. The van der Waals surface area contributed by atoms with E-state index in [1.54, 1.807) is 0 Å². The summed E-state index contributed by atoms with van der Waals surface area (Å²) < 4.78 is 4.19. The summed E-state index contributed by atoms with van der Waals surface area (Å²) in [5, 5.41) is 0. The molecule has 1 aromatic heterocycles. The number of fused-ring (bicyclic) bond motifs is 1. The van der Waals surface area contributed by atoms with Gasteiger partial charge in [-0.2, -0.15) is 0 Å². The van der Waals surface area contributed by atoms with Crippen LogP contribution in [-0.2, 0) is 7.05 Å². The molecular weight excluding hydrogens is 356 g/mol. The van der Waals surface area contributed by atoms with Crippen LogP contribution in [0.15, 0.2) is 51.4 Å². The second-order valence-electron chi connectivity index (χ2n) is 4.08. The molecule has 0 aliphatic rings. The lowest BCUT2D eigenvalue weighted by Gasteiger charge is -2.07. The van der Waals surface area contributed by atoms with Crippen molar-refractivity contribution in [2.24, 2.45) is 7.05 Å². The van der Waals surface area contributed by atoms with Crippen molar-refractivity contribution >= 4 is 42.9 Å². The van der Waals surface area contributed by atoms with Gasteiger partial charge in [0.25, 0.3) is 0 Å². The Kier molecular flexibility index (Phi) is 2.99. The van der Waals surface area contributed by atoms with E-state index in [1.807, 2.05) is 43.4 Å². The van der Waals surface area contributed by atoms with Gasteiger partial charge in [-0.05, 0) is 56.1 Å². The molecule has 0 N–H and O–H groups in total. The second-order valence-corrected chi connectivity index (χ2v) is 5.79. The predicted molar refractivity (Wildman–Crippen MR) is 81.6 cm³/mol. The van der Waals surface area contributed by atoms with Crippen LogP contribution in [0.4, 0.5) is 0 Å². The molecule has 90 valence electrons. The molecule has 3 rings (SSSR count). The normalized spacial score (nSPS) is 11.1. The maximum atomic E-state index is 4.71. The number of nitrogens with zero attached hydrogens (tertiary/aromatic N) is 2. The minimum atomic E-state index is 0.954. The minimum absolute atomic E-state index is 0.954. The molecule has 0 saturated carbocycles. The lowest BCUT2D eigenvalue weighted by Crippen LogP contribution is -1.94. The first-order valence-corrected chi connectivity index (χ1v) is 7.13. The van der Waals surface area contributed by atoms with Crippen molar-refractivity contribution in [1.82, 2.24) is 9.55 Å². The third kappa shape index (κ3) is 1.80. The zero-order chi connectivity index (χ0) is 12.7. The molecule has 0 spiro atoms. The molecule has 2 aromatic carbocycles.